The molecule has 0 fully saturated rings. The molecule has 0 aliphatic carbocycles. The number of ether oxygens (including phenoxy) is 2. The zero-order valence-electron chi connectivity index (χ0n) is 8.66. The van der Waals surface area contributed by atoms with Crippen LogP contribution in [0.15, 0.2) is 0 Å². The highest BCUT2D eigenvalue weighted by molar-refractivity contribution is 4.49. The number of aliphatic hydroxyl groups excluding tert-OH is 1. The Balaban J connectivity index is 2.97. The van der Waals surface area contributed by atoms with E-state index >= 15 is 0 Å². The van der Waals surface area contributed by atoms with Crippen molar-refractivity contribution in [1.29, 1.82) is 0 Å². The average molecular weight is 191 g/mol. The Labute approximate surface area is 80.4 Å². The number of hydrogen-bond donors (Lipinski definition) is 1. The Morgan fingerprint density at radius 1 is 1.15 bits per heavy atom. The molecule has 80 valence electrons. The lowest BCUT2D eigenvalue weighted by atomic mass is 10.4. The number of rotatable bonds is 9. The molecule has 4 heteroatoms. The fraction of sp³-hybridized carbons (Fsp3) is 1.00. The van der Waals surface area contributed by atoms with Gasteiger partial charge in [-0.1, -0.05) is 0 Å². The first-order chi connectivity index (χ1) is 6.31. The minimum atomic E-state index is 0.223. The van der Waals surface area contributed by atoms with Gasteiger partial charge in [-0.3, -0.25) is 0 Å². The second-order valence-electron chi connectivity index (χ2n) is 2.99. The Kier molecular flexibility index (Phi) is 9.80. The fourth-order valence-corrected chi connectivity index (χ4v) is 0.963. The van der Waals surface area contributed by atoms with Gasteiger partial charge in [-0.25, -0.2) is 0 Å². The first-order valence-electron chi connectivity index (χ1n) is 4.67. The van der Waals surface area contributed by atoms with Crippen molar-refractivity contribution in [3.8, 4) is 0 Å². The van der Waals surface area contributed by atoms with Gasteiger partial charge in [0.15, 0.2) is 0 Å². The fourth-order valence-electron chi connectivity index (χ4n) is 0.963. The average Bonchev–Trinajstić information content (AvgIpc) is 2.11. The molecule has 0 bridgehead atoms. The highest BCUT2D eigenvalue weighted by Crippen LogP contribution is 1.88. The summed E-state index contributed by atoms with van der Waals surface area (Å²) in [6, 6.07) is 0. The molecule has 1 N–H and O–H groups in total. The molecular formula is C9H21NO3. The maximum absolute atomic E-state index is 8.62. The van der Waals surface area contributed by atoms with E-state index in [2.05, 4.69) is 4.90 Å². The van der Waals surface area contributed by atoms with Gasteiger partial charge in [0, 0.05) is 26.8 Å². The van der Waals surface area contributed by atoms with E-state index in [1.807, 2.05) is 7.05 Å². The number of nitrogens with zero attached hydrogens (tertiary/aromatic N) is 1. The lowest BCUT2D eigenvalue weighted by Gasteiger charge is -2.14. The molecule has 0 aliphatic rings. The van der Waals surface area contributed by atoms with Gasteiger partial charge in [0.1, 0.15) is 0 Å². The van der Waals surface area contributed by atoms with Crippen molar-refractivity contribution in [2.75, 3.05) is 53.7 Å². The molecule has 0 spiro atoms. The maximum atomic E-state index is 8.62. The van der Waals surface area contributed by atoms with E-state index in [9.17, 15) is 0 Å². The van der Waals surface area contributed by atoms with E-state index in [1.165, 1.54) is 0 Å². The summed E-state index contributed by atoms with van der Waals surface area (Å²) in [4.78, 5) is 2.08. The van der Waals surface area contributed by atoms with Crippen molar-refractivity contribution in [2.24, 2.45) is 0 Å². The minimum Gasteiger partial charge on any atom is -0.395 e. The van der Waals surface area contributed by atoms with Crippen LogP contribution in [0.4, 0.5) is 0 Å². The number of aliphatic hydroxyl groups is 1. The number of methoxy groups -OCH3 is 1. The van der Waals surface area contributed by atoms with E-state index in [0.717, 1.165) is 26.1 Å². The van der Waals surface area contributed by atoms with Gasteiger partial charge in [-0.05, 0) is 13.5 Å². The van der Waals surface area contributed by atoms with Crippen LogP contribution in [0.5, 0.6) is 0 Å². The Morgan fingerprint density at radius 2 is 1.92 bits per heavy atom. The zero-order chi connectivity index (χ0) is 9.94. The predicted octanol–water partition coefficient (Wildman–Crippen LogP) is -0.0364. The van der Waals surface area contributed by atoms with E-state index < -0.39 is 0 Å². The Hall–Kier alpha value is -0.160. The monoisotopic (exact) mass is 191 g/mol. The van der Waals surface area contributed by atoms with Gasteiger partial charge in [-0.2, -0.15) is 0 Å². The summed E-state index contributed by atoms with van der Waals surface area (Å²) in [6.07, 6.45) is 1.00. The topological polar surface area (TPSA) is 41.9 Å². The molecule has 0 saturated carbocycles. The van der Waals surface area contributed by atoms with Crippen LogP contribution in [-0.2, 0) is 9.47 Å². The van der Waals surface area contributed by atoms with Crippen molar-refractivity contribution in [1.82, 2.24) is 4.90 Å². The molecule has 0 aromatic heterocycles. The number of likely N-dealkylation sites (N-methyl/N-ethyl adjacent to an activating group) is 1. The molecule has 0 aliphatic heterocycles. The maximum Gasteiger partial charge on any atom is 0.0700 e. The molecule has 4 nitrogen and oxygen atoms in total. The number of hydrogen-bond acceptors (Lipinski definition) is 4. The van der Waals surface area contributed by atoms with Crippen LogP contribution in [0, 0.1) is 0 Å². The third-order valence-electron chi connectivity index (χ3n) is 1.74. The summed E-state index contributed by atoms with van der Waals surface area (Å²) in [5, 5.41) is 8.62. The summed E-state index contributed by atoms with van der Waals surface area (Å²) in [6.45, 7) is 4.01. The molecule has 0 aromatic rings. The first-order valence-corrected chi connectivity index (χ1v) is 4.67. The SMILES string of the molecule is COCCOCCCN(C)CCO. The summed E-state index contributed by atoms with van der Waals surface area (Å²) >= 11 is 0. The quantitative estimate of drug-likeness (QED) is 0.519. The predicted molar refractivity (Wildman–Crippen MR) is 51.9 cm³/mol. The summed E-state index contributed by atoms with van der Waals surface area (Å²) in [5.41, 5.74) is 0. The van der Waals surface area contributed by atoms with Crippen molar-refractivity contribution in [3.05, 3.63) is 0 Å². The van der Waals surface area contributed by atoms with Gasteiger partial charge in [0.2, 0.25) is 0 Å². The molecule has 0 amide bonds. The lowest BCUT2D eigenvalue weighted by molar-refractivity contribution is 0.0656. The van der Waals surface area contributed by atoms with Crippen molar-refractivity contribution in [2.45, 2.75) is 6.42 Å². The van der Waals surface area contributed by atoms with Gasteiger partial charge in [-0.15, -0.1) is 0 Å². The Bertz CT molecular complexity index is 101. The third-order valence-corrected chi connectivity index (χ3v) is 1.74. The van der Waals surface area contributed by atoms with Gasteiger partial charge < -0.3 is 19.5 Å². The van der Waals surface area contributed by atoms with E-state index in [4.69, 9.17) is 14.6 Å². The van der Waals surface area contributed by atoms with Crippen molar-refractivity contribution in [3.63, 3.8) is 0 Å². The van der Waals surface area contributed by atoms with Gasteiger partial charge >= 0.3 is 0 Å². The standard InChI is InChI=1S/C9H21NO3/c1-10(5-6-11)4-3-7-13-9-8-12-2/h11H,3-9H2,1-2H3. The summed E-state index contributed by atoms with van der Waals surface area (Å²) < 4.78 is 10.1. The first kappa shape index (κ1) is 12.8. The summed E-state index contributed by atoms with van der Waals surface area (Å²) in [5.74, 6) is 0. The van der Waals surface area contributed by atoms with Crippen LogP contribution in [0.25, 0.3) is 0 Å². The van der Waals surface area contributed by atoms with Crippen LogP contribution in [0.1, 0.15) is 6.42 Å². The van der Waals surface area contributed by atoms with E-state index in [-0.39, 0.29) is 6.61 Å². The van der Waals surface area contributed by atoms with Crippen molar-refractivity contribution >= 4 is 0 Å². The van der Waals surface area contributed by atoms with Crippen LogP contribution in [0.2, 0.25) is 0 Å². The zero-order valence-corrected chi connectivity index (χ0v) is 8.66. The molecule has 0 aromatic carbocycles. The molecular weight excluding hydrogens is 170 g/mol. The minimum absolute atomic E-state index is 0.223. The molecule has 13 heavy (non-hydrogen) atoms. The largest absolute Gasteiger partial charge is 0.395 e. The van der Waals surface area contributed by atoms with Gasteiger partial charge in [0.25, 0.3) is 0 Å². The van der Waals surface area contributed by atoms with E-state index in [1.54, 1.807) is 7.11 Å². The smallest absolute Gasteiger partial charge is 0.0700 e. The van der Waals surface area contributed by atoms with Crippen LogP contribution in [0.3, 0.4) is 0 Å². The second-order valence-corrected chi connectivity index (χ2v) is 2.99. The van der Waals surface area contributed by atoms with Crippen LogP contribution < -0.4 is 0 Å². The Morgan fingerprint density at radius 3 is 2.54 bits per heavy atom. The lowest BCUT2D eigenvalue weighted by Crippen LogP contribution is -2.24. The van der Waals surface area contributed by atoms with E-state index in [0.29, 0.717) is 13.2 Å². The molecule has 0 atom stereocenters. The molecule has 0 saturated heterocycles. The summed E-state index contributed by atoms with van der Waals surface area (Å²) in [7, 11) is 3.66. The van der Waals surface area contributed by atoms with Crippen LogP contribution >= 0.6 is 0 Å². The second kappa shape index (κ2) is 9.92. The highest BCUT2D eigenvalue weighted by Gasteiger charge is 1.96. The molecule has 0 radical (unpaired) electrons. The van der Waals surface area contributed by atoms with Crippen molar-refractivity contribution < 1.29 is 14.6 Å². The molecule has 0 unspecified atom stereocenters. The molecule has 0 rings (SSSR count). The third kappa shape index (κ3) is 9.76. The van der Waals surface area contributed by atoms with Gasteiger partial charge in [0.05, 0.1) is 19.8 Å². The highest BCUT2D eigenvalue weighted by atomic mass is 16.5. The van der Waals surface area contributed by atoms with Crippen LogP contribution in [-0.4, -0.2) is 63.7 Å². The molecule has 0 heterocycles. The normalized spacial score (nSPS) is 11.1.